The molecule has 1 unspecified atom stereocenters. The molecule has 1 N–H and O–H groups in total. The van der Waals surface area contributed by atoms with Crippen molar-refractivity contribution in [1.82, 2.24) is 4.98 Å². The molecule has 0 fully saturated rings. The van der Waals surface area contributed by atoms with Gasteiger partial charge in [0.15, 0.2) is 0 Å². The summed E-state index contributed by atoms with van der Waals surface area (Å²) in [6, 6.07) is 6.31. The fourth-order valence-corrected chi connectivity index (χ4v) is 2.03. The first-order chi connectivity index (χ1) is 9.48. The van der Waals surface area contributed by atoms with Crippen LogP contribution < -0.4 is 9.47 Å². The Morgan fingerprint density at radius 1 is 1.15 bits per heavy atom. The molecule has 0 amide bonds. The van der Waals surface area contributed by atoms with E-state index in [1.165, 1.54) is 26.5 Å². The predicted octanol–water partition coefficient (Wildman–Crippen LogP) is 2.49. The Hall–Kier alpha value is -2.14. The van der Waals surface area contributed by atoms with Gasteiger partial charge in [0.05, 0.1) is 20.4 Å². The normalized spacial score (nSPS) is 13.7. The van der Waals surface area contributed by atoms with Crippen molar-refractivity contribution in [1.29, 1.82) is 0 Å². The third kappa shape index (κ3) is 2.58. The lowest BCUT2D eigenvalue weighted by molar-refractivity contribution is 0.0978. The summed E-state index contributed by atoms with van der Waals surface area (Å²) in [7, 11) is 3.04. The van der Waals surface area contributed by atoms with E-state index < -0.39 is 11.4 Å². The fraction of sp³-hybridized carbons (Fsp3) is 0.267. The van der Waals surface area contributed by atoms with E-state index >= 15 is 0 Å². The highest BCUT2D eigenvalue weighted by molar-refractivity contribution is 5.47. The third-order valence-electron chi connectivity index (χ3n) is 3.20. The molecule has 0 aliphatic carbocycles. The van der Waals surface area contributed by atoms with Crippen LogP contribution in [0.5, 0.6) is 11.5 Å². The zero-order chi connectivity index (χ0) is 14.8. The third-order valence-corrected chi connectivity index (χ3v) is 3.20. The molecular weight excluding hydrogens is 261 g/mol. The maximum atomic E-state index is 13.3. The summed E-state index contributed by atoms with van der Waals surface area (Å²) in [5.41, 5.74) is -0.634. The van der Waals surface area contributed by atoms with E-state index in [0.29, 0.717) is 22.6 Å². The van der Waals surface area contributed by atoms with Gasteiger partial charge in [0, 0.05) is 17.3 Å². The molecule has 2 aromatic rings. The van der Waals surface area contributed by atoms with Gasteiger partial charge in [-0.3, -0.25) is 4.98 Å². The van der Waals surface area contributed by atoms with Crippen molar-refractivity contribution in [2.45, 2.75) is 12.5 Å². The molecule has 0 saturated carbocycles. The van der Waals surface area contributed by atoms with Gasteiger partial charge in [0.25, 0.3) is 0 Å². The number of methoxy groups -OCH3 is 2. The summed E-state index contributed by atoms with van der Waals surface area (Å²) in [5.74, 6) is 0.551. The maximum Gasteiger partial charge on any atom is 0.141 e. The van der Waals surface area contributed by atoms with E-state index in [1.54, 1.807) is 25.1 Å². The van der Waals surface area contributed by atoms with Crippen LogP contribution in [0.1, 0.15) is 18.1 Å². The molecule has 0 aliphatic heterocycles. The Balaban J connectivity index is 2.58. The highest BCUT2D eigenvalue weighted by Crippen LogP contribution is 2.37. The van der Waals surface area contributed by atoms with Crippen LogP contribution in [-0.2, 0) is 5.60 Å². The van der Waals surface area contributed by atoms with Gasteiger partial charge in [-0.15, -0.1) is 0 Å². The first-order valence-electron chi connectivity index (χ1n) is 6.05. The molecule has 20 heavy (non-hydrogen) atoms. The van der Waals surface area contributed by atoms with Crippen molar-refractivity contribution in [2.75, 3.05) is 14.2 Å². The molecule has 0 aliphatic rings. The molecule has 2 rings (SSSR count). The SMILES string of the molecule is COc1ccc(OC)c(C(C)(O)c2cncc(F)c2)c1. The van der Waals surface area contributed by atoms with E-state index in [1.807, 2.05) is 0 Å². The number of hydrogen-bond acceptors (Lipinski definition) is 4. The number of ether oxygens (including phenoxy) is 2. The smallest absolute Gasteiger partial charge is 0.141 e. The highest BCUT2D eigenvalue weighted by atomic mass is 19.1. The van der Waals surface area contributed by atoms with Gasteiger partial charge < -0.3 is 14.6 Å². The van der Waals surface area contributed by atoms with Crippen molar-refractivity contribution < 1.29 is 19.0 Å². The molecule has 1 atom stereocenters. The summed E-state index contributed by atoms with van der Waals surface area (Å²) in [4.78, 5) is 3.77. The number of benzene rings is 1. The highest BCUT2D eigenvalue weighted by Gasteiger charge is 2.30. The molecule has 0 spiro atoms. The summed E-state index contributed by atoms with van der Waals surface area (Å²) in [6.45, 7) is 1.56. The van der Waals surface area contributed by atoms with Crippen LogP contribution in [0.3, 0.4) is 0 Å². The van der Waals surface area contributed by atoms with Crippen LogP contribution in [0.2, 0.25) is 0 Å². The van der Waals surface area contributed by atoms with E-state index in [-0.39, 0.29) is 0 Å². The van der Waals surface area contributed by atoms with Gasteiger partial charge >= 0.3 is 0 Å². The van der Waals surface area contributed by atoms with Crippen LogP contribution in [-0.4, -0.2) is 24.3 Å². The molecule has 1 heterocycles. The molecule has 0 radical (unpaired) electrons. The summed E-state index contributed by atoms with van der Waals surface area (Å²) in [5, 5.41) is 10.8. The number of aromatic nitrogens is 1. The molecule has 1 aromatic heterocycles. The lowest BCUT2D eigenvalue weighted by Gasteiger charge is -2.26. The number of pyridine rings is 1. The second kappa shape index (κ2) is 5.46. The van der Waals surface area contributed by atoms with Crippen LogP contribution in [0.25, 0.3) is 0 Å². The Labute approximate surface area is 116 Å². The average molecular weight is 277 g/mol. The second-order valence-electron chi connectivity index (χ2n) is 4.53. The molecule has 106 valence electrons. The van der Waals surface area contributed by atoms with Crippen LogP contribution in [0.15, 0.2) is 36.7 Å². The number of rotatable bonds is 4. The molecular formula is C15H16FNO3. The predicted molar refractivity (Wildman–Crippen MR) is 72.4 cm³/mol. The Morgan fingerprint density at radius 3 is 2.50 bits per heavy atom. The monoisotopic (exact) mass is 277 g/mol. The minimum absolute atomic E-state index is 0.337. The molecule has 0 saturated heterocycles. The van der Waals surface area contributed by atoms with Crippen LogP contribution in [0.4, 0.5) is 4.39 Å². The number of aliphatic hydroxyl groups is 1. The van der Waals surface area contributed by atoms with Gasteiger partial charge in [-0.2, -0.15) is 0 Å². The topological polar surface area (TPSA) is 51.6 Å². The minimum atomic E-state index is -1.45. The molecule has 5 heteroatoms. The maximum absolute atomic E-state index is 13.3. The van der Waals surface area contributed by atoms with Gasteiger partial charge in [-0.25, -0.2) is 4.39 Å². The molecule has 0 bridgehead atoms. The van der Waals surface area contributed by atoms with E-state index in [9.17, 15) is 9.50 Å². The Morgan fingerprint density at radius 2 is 1.90 bits per heavy atom. The average Bonchev–Trinajstić information content (AvgIpc) is 2.46. The summed E-state index contributed by atoms with van der Waals surface area (Å²) < 4.78 is 23.7. The number of nitrogens with zero attached hydrogens (tertiary/aromatic N) is 1. The quantitative estimate of drug-likeness (QED) is 0.933. The largest absolute Gasteiger partial charge is 0.497 e. The second-order valence-corrected chi connectivity index (χ2v) is 4.53. The lowest BCUT2D eigenvalue weighted by Crippen LogP contribution is -2.24. The minimum Gasteiger partial charge on any atom is -0.497 e. The van der Waals surface area contributed by atoms with E-state index in [0.717, 1.165) is 6.20 Å². The van der Waals surface area contributed by atoms with Gasteiger partial charge in [-0.1, -0.05) is 0 Å². The molecule has 1 aromatic carbocycles. The van der Waals surface area contributed by atoms with Gasteiger partial charge in [0.1, 0.15) is 22.9 Å². The van der Waals surface area contributed by atoms with Crippen molar-refractivity contribution >= 4 is 0 Å². The van der Waals surface area contributed by atoms with Gasteiger partial charge in [0.2, 0.25) is 0 Å². The van der Waals surface area contributed by atoms with E-state index in [2.05, 4.69) is 4.98 Å². The first-order valence-corrected chi connectivity index (χ1v) is 6.05. The summed E-state index contributed by atoms with van der Waals surface area (Å²) >= 11 is 0. The van der Waals surface area contributed by atoms with Crippen LogP contribution >= 0.6 is 0 Å². The zero-order valence-electron chi connectivity index (χ0n) is 11.6. The number of hydrogen-bond donors (Lipinski definition) is 1. The van der Waals surface area contributed by atoms with E-state index in [4.69, 9.17) is 9.47 Å². The van der Waals surface area contributed by atoms with Crippen molar-refractivity contribution in [3.8, 4) is 11.5 Å². The van der Waals surface area contributed by atoms with Crippen molar-refractivity contribution in [3.05, 3.63) is 53.6 Å². The summed E-state index contributed by atoms with van der Waals surface area (Å²) in [6.07, 6.45) is 2.50. The Kier molecular flexibility index (Phi) is 3.90. The van der Waals surface area contributed by atoms with Crippen LogP contribution in [0, 0.1) is 5.82 Å². The van der Waals surface area contributed by atoms with Crippen molar-refractivity contribution in [2.24, 2.45) is 0 Å². The zero-order valence-corrected chi connectivity index (χ0v) is 11.6. The standard InChI is InChI=1S/C15H16FNO3/c1-15(18,10-6-11(16)9-17-8-10)13-7-12(19-2)4-5-14(13)20-3/h4-9,18H,1-3H3. The fourth-order valence-electron chi connectivity index (χ4n) is 2.03. The number of halogens is 1. The van der Waals surface area contributed by atoms with Gasteiger partial charge in [-0.05, 0) is 31.2 Å². The van der Waals surface area contributed by atoms with Crippen molar-refractivity contribution in [3.63, 3.8) is 0 Å². The Bertz CT molecular complexity index is 614. The molecule has 4 nitrogen and oxygen atoms in total. The first kappa shape index (κ1) is 14.3. The lowest BCUT2D eigenvalue weighted by atomic mass is 9.88.